The molecule has 0 spiro atoms. The first-order chi connectivity index (χ1) is 11.8. The number of ether oxygens (including phenoxy) is 2. The van der Waals surface area contributed by atoms with Gasteiger partial charge in [-0.15, -0.1) is 0 Å². The molecule has 0 unspecified atom stereocenters. The first kappa shape index (κ1) is 15.8. The van der Waals surface area contributed by atoms with E-state index in [0.717, 1.165) is 28.7 Å². The van der Waals surface area contributed by atoms with Crippen LogP contribution in [0.1, 0.15) is 15.9 Å². The molecule has 0 saturated carbocycles. The summed E-state index contributed by atoms with van der Waals surface area (Å²) in [5.41, 5.74) is 3.43. The number of aldehydes is 1. The number of para-hydroxylation sites is 1. The Labute approximate surface area is 141 Å². The van der Waals surface area contributed by atoms with Gasteiger partial charge in [0.05, 0.1) is 7.11 Å². The van der Waals surface area contributed by atoms with Crippen LogP contribution in [-0.2, 0) is 6.61 Å². The summed E-state index contributed by atoms with van der Waals surface area (Å²) < 4.78 is 11.5. The molecule has 3 heteroatoms. The predicted molar refractivity (Wildman–Crippen MR) is 94.6 cm³/mol. The monoisotopic (exact) mass is 318 g/mol. The molecule has 0 bridgehead atoms. The van der Waals surface area contributed by atoms with Crippen LogP contribution in [0.2, 0.25) is 0 Å². The highest BCUT2D eigenvalue weighted by Gasteiger charge is 2.12. The van der Waals surface area contributed by atoms with Crippen molar-refractivity contribution in [3.05, 3.63) is 83.9 Å². The molecule has 3 aromatic carbocycles. The standard InChI is InChI=1S/C21H18O3/c1-23-20-12-11-17(14-22)13-19(20)18-9-5-6-10-21(18)24-15-16-7-3-2-4-8-16/h2-14H,15H2,1H3. The molecule has 0 saturated heterocycles. The quantitative estimate of drug-likeness (QED) is 0.615. The number of carbonyl (C=O) groups is 1. The van der Waals surface area contributed by atoms with E-state index in [4.69, 9.17) is 9.47 Å². The first-order valence-electron chi connectivity index (χ1n) is 7.71. The van der Waals surface area contributed by atoms with E-state index >= 15 is 0 Å². The summed E-state index contributed by atoms with van der Waals surface area (Å²) in [5, 5.41) is 0. The van der Waals surface area contributed by atoms with E-state index in [0.29, 0.717) is 17.9 Å². The number of hydrogen-bond donors (Lipinski definition) is 0. The Morgan fingerprint density at radius 2 is 1.58 bits per heavy atom. The fourth-order valence-corrected chi connectivity index (χ4v) is 2.56. The highest BCUT2D eigenvalue weighted by atomic mass is 16.5. The van der Waals surface area contributed by atoms with Crippen LogP contribution < -0.4 is 9.47 Å². The Bertz CT molecular complexity index is 825. The number of rotatable bonds is 6. The van der Waals surface area contributed by atoms with Crippen molar-refractivity contribution < 1.29 is 14.3 Å². The topological polar surface area (TPSA) is 35.5 Å². The molecule has 0 aliphatic rings. The zero-order valence-electron chi connectivity index (χ0n) is 13.4. The summed E-state index contributed by atoms with van der Waals surface area (Å²) in [6, 6.07) is 23.1. The molecule has 120 valence electrons. The van der Waals surface area contributed by atoms with Gasteiger partial charge in [-0.1, -0.05) is 48.5 Å². The highest BCUT2D eigenvalue weighted by Crippen LogP contribution is 2.37. The van der Waals surface area contributed by atoms with E-state index in [1.165, 1.54) is 0 Å². The molecule has 0 fully saturated rings. The molecule has 0 aliphatic carbocycles. The van der Waals surface area contributed by atoms with Gasteiger partial charge in [-0.3, -0.25) is 4.79 Å². The minimum Gasteiger partial charge on any atom is -0.496 e. The molecule has 0 atom stereocenters. The molecule has 3 aromatic rings. The Morgan fingerprint density at radius 1 is 0.833 bits per heavy atom. The van der Waals surface area contributed by atoms with Gasteiger partial charge < -0.3 is 9.47 Å². The van der Waals surface area contributed by atoms with Crippen LogP contribution in [0.5, 0.6) is 11.5 Å². The molecule has 0 heterocycles. The highest BCUT2D eigenvalue weighted by molar-refractivity contribution is 5.83. The Balaban J connectivity index is 1.96. The zero-order chi connectivity index (χ0) is 16.8. The van der Waals surface area contributed by atoms with Crippen molar-refractivity contribution in [3.63, 3.8) is 0 Å². The van der Waals surface area contributed by atoms with Crippen LogP contribution in [-0.4, -0.2) is 13.4 Å². The van der Waals surface area contributed by atoms with Gasteiger partial charge in [0, 0.05) is 16.7 Å². The van der Waals surface area contributed by atoms with Crippen molar-refractivity contribution in [3.8, 4) is 22.6 Å². The van der Waals surface area contributed by atoms with Crippen LogP contribution in [0.15, 0.2) is 72.8 Å². The van der Waals surface area contributed by atoms with Gasteiger partial charge in [0.2, 0.25) is 0 Å². The van der Waals surface area contributed by atoms with E-state index in [-0.39, 0.29) is 0 Å². The number of hydrogen-bond acceptors (Lipinski definition) is 3. The summed E-state index contributed by atoms with van der Waals surface area (Å²) in [6.07, 6.45) is 0.830. The average molecular weight is 318 g/mol. The van der Waals surface area contributed by atoms with Crippen LogP contribution in [0.25, 0.3) is 11.1 Å². The first-order valence-corrected chi connectivity index (χ1v) is 7.71. The van der Waals surface area contributed by atoms with E-state index in [9.17, 15) is 4.79 Å². The SMILES string of the molecule is COc1ccc(C=O)cc1-c1ccccc1OCc1ccccc1. The largest absolute Gasteiger partial charge is 0.496 e. The van der Waals surface area contributed by atoms with E-state index < -0.39 is 0 Å². The molecular weight excluding hydrogens is 300 g/mol. The molecule has 3 nitrogen and oxygen atoms in total. The molecule has 0 aliphatic heterocycles. The third kappa shape index (κ3) is 3.46. The van der Waals surface area contributed by atoms with Crippen LogP contribution in [0.4, 0.5) is 0 Å². The Kier molecular flexibility index (Phi) is 4.92. The molecular formula is C21H18O3. The van der Waals surface area contributed by atoms with Gasteiger partial charge in [0.25, 0.3) is 0 Å². The maximum absolute atomic E-state index is 11.1. The van der Waals surface area contributed by atoms with Crippen LogP contribution >= 0.6 is 0 Å². The summed E-state index contributed by atoms with van der Waals surface area (Å²) in [6.45, 7) is 0.480. The lowest BCUT2D eigenvalue weighted by Crippen LogP contribution is -1.98. The lowest BCUT2D eigenvalue weighted by molar-refractivity contribution is 0.112. The van der Waals surface area contributed by atoms with E-state index in [1.807, 2.05) is 60.7 Å². The number of methoxy groups -OCH3 is 1. The van der Waals surface area contributed by atoms with Crippen molar-refractivity contribution in [2.75, 3.05) is 7.11 Å². The zero-order valence-corrected chi connectivity index (χ0v) is 13.4. The maximum Gasteiger partial charge on any atom is 0.150 e. The van der Waals surface area contributed by atoms with Crippen molar-refractivity contribution in [1.82, 2.24) is 0 Å². The fraction of sp³-hybridized carbons (Fsp3) is 0.0952. The molecule has 0 amide bonds. The van der Waals surface area contributed by atoms with Crippen molar-refractivity contribution >= 4 is 6.29 Å². The van der Waals surface area contributed by atoms with Crippen molar-refractivity contribution in [1.29, 1.82) is 0 Å². The summed E-state index contributed by atoms with van der Waals surface area (Å²) >= 11 is 0. The van der Waals surface area contributed by atoms with E-state index in [1.54, 1.807) is 19.2 Å². The lowest BCUT2D eigenvalue weighted by Gasteiger charge is -2.14. The van der Waals surface area contributed by atoms with Gasteiger partial charge in [-0.05, 0) is 29.8 Å². The molecule has 0 aromatic heterocycles. The van der Waals surface area contributed by atoms with Gasteiger partial charge in [-0.2, -0.15) is 0 Å². The summed E-state index contributed by atoms with van der Waals surface area (Å²) in [7, 11) is 1.62. The fourth-order valence-electron chi connectivity index (χ4n) is 2.56. The molecule has 24 heavy (non-hydrogen) atoms. The minimum atomic E-state index is 0.480. The second-order valence-corrected chi connectivity index (χ2v) is 5.35. The van der Waals surface area contributed by atoms with Gasteiger partial charge >= 0.3 is 0 Å². The third-order valence-electron chi connectivity index (χ3n) is 3.77. The molecule has 0 radical (unpaired) electrons. The number of benzene rings is 3. The Morgan fingerprint density at radius 3 is 2.33 bits per heavy atom. The minimum absolute atomic E-state index is 0.480. The van der Waals surface area contributed by atoms with E-state index in [2.05, 4.69) is 0 Å². The number of carbonyl (C=O) groups excluding carboxylic acids is 1. The summed E-state index contributed by atoms with van der Waals surface area (Å²) in [4.78, 5) is 11.1. The normalized spacial score (nSPS) is 10.2. The molecule has 0 N–H and O–H groups in total. The summed E-state index contributed by atoms with van der Waals surface area (Å²) in [5.74, 6) is 1.46. The van der Waals surface area contributed by atoms with Crippen LogP contribution in [0.3, 0.4) is 0 Å². The Hall–Kier alpha value is -3.07. The molecule has 3 rings (SSSR count). The predicted octanol–water partition coefficient (Wildman–Crippen LogP) is 4.75. The maximum atomic E-state index is 11.1. The lowest BCUT2D eigenvalue weighted by atomic mass is 10.0. The van der Waals surface area contributed by atoms with Crippen LogP contribution in [0, 0.1) is 0 Å². The van der Waals surface area contributed by atoms with Gasteiger partial charge in [0.1, 0.15) is 24.4 Å². The van der Waals surface area contributed by atoms with Gasteiger partial charge in [0.15, 0.2) is 0 Å². The van der Waals surface area contributed by atoms with Gasteiger partial charge in [-0.25, -0.2) is 0 Å². The average Bonchev–Trinajstić information content (AvgIpc) is 2.67. The second-order valence-electron chi connectivity index (χ2n) is 5.35. The smallest absolute Gasteiger partial charge is 0.150 e. The third-order valence-corrected chi connectivity index (χ3v) is 3.77. The van der Waals surface area contributed by atoms with Crippen molar-refractivity contribution in [2.24, 2.45) is 0 Å². The second kappa shape index (κ2) is 7.47. The van der Waals surface area contributed by atoms with Crippen molar-refractivity contribution in [2.45, 2.75) is 6.61 Å².